The van der Waals surface area contributed by atoms with E-state index in [0.29, 0.717) is 17.5 Å². The third-order valence-electron chi connectivity index (χ3n) is 5.57. The fourth-order valence-electron chi connectivity index (χ4n) is 3.75. The predicted octanol–water partition coefficient (Wildman–Crippen LogP) is 5.63. The fourth-order valence-corrected chi connectivity index (χ4v) is 3.75. The number of carbonyl (C=O) groups excluding carboxylic acids is 3. The first-order chi connectivity index (χ1) is 15.0. The summed E-state index contributed by atoms with van der Waals surface area (Å²) in [6.45, 7) is 13.3. The van der Waals surface area contributed by atoms with E-state index in [1.807, 2.05) is 66.7 Å². The summed E-state index contributed by atoms with van der Waals surface area (Å²) in [6.07, 6.45) is -0.701. The van der Waals surface area contributed by atoms with E-state index in [-0.39, 0.29) is 11.8 Å². The highest BCUT2D eigenvalue weighted by atomic mass is 16.6. The number of carbonyl (C=O) groups is 3. The molecule has 0 heterocycles. The highest BCUT2D eigenvalue weighted by Crippen LogP contribution is 2.23. The Bertz CT molecular complexity index is 936. The number of ether oxygens (including phenoxy) is 2. The van der Waals surface area contributed by atoms with Crippen LogP contribution in [0.15, 0.2) is 42.5 Å². The standard InChI is InChI=1S/C27H34O5/c1-16(2)22(31-26(29)21-11-9-8-10-12-21)15-23(17(3)4)32-27(30)25(28)24-19(6)13-18(5)14-20(24)7/h8-14,16-17,22-23H,15H2,1-7H3. The van der Waals surface area contributed by atoms with Crippen LogP contribution in [0.4, 0.5) is 0 Å². The summed E-state index contributed by atoms with van der Waals surface area (Å²) in [6, 6.07) is 12.5. The first kappa shape index (κ1) is 25.3. The Labute approximate surface area is 191 Å². The number of rotatable bonds is 9. The summed E-state index contributed by atoms with van der Waals surface area (Å²) in [5.74, 6) is -1.98. The number of hydrogen-bond acceptors (Lipinski definition) is 5. The van der Waals surface area contributed by atoms with Crippen LogP contribution in [0.3, 0.4) is 0 Å². The molecule has 0 aromatic heterocycles. The van der Waals surface area contributed by atoms with Crippen molar-refractivity contribution in [3.8, 4) is 0 Å². The Morgan fingerprint density at radius 1 is 0.781 bits per heavy atom. The Morgan fingerprint density at radius 3 is 1.78 bits per heavy atom. The lowest BCUT2D eigenvalue weighted by Gasteiger charge is -2.28. The zero-order chi connectivity index (χ0) is 24.0. The minimum absolute atomic E-state index is 0.0138. The van der Waals surface area contributed by atoms with E-state index in [1.54, 1.807) is 24.3 Å². The molecule has 0 spiro atoms. The summed E-state index contributed by atoms with van der Waals surface area (Å²) in [5.41, 5.74) is 3.39. The zero-order valence-electron chi connectivity index (χ0n) is 20.1. The van der Waals surface area contributed by atoms with Gasteiger partial charge in [0.25, 0.3) is 5.78 Å². The van der Waals surface area contributed by atoms with E-state index in [4.69, 9.17) is 9.47 Å². The molecule has 0 aliphatic carbocycles. The van der Waals surface area contributed by atoms with E-state index < -0.39 is 29.9 Å². The van der Waals surface area contributed by atoms with Gasteiger partial charge in [0.2, 0.25) is 0 Å². The van der Waals surface area contributed by atoms with Crippen molar-refractivity contribution in [1.82, 2.24) is 0 Å². The molecule has 0 aliphatic rings. The van der Waals surface area contributed by atoms with Gasteiger partial charge in [0.1, 0.15) is 12.2 Å². The van der Waals surface area contributed by atoms with Gasteiger partial charge in [-0.15, -0.1) is 0 Å². The van der Waals surface area contributed by atoms with E-state index in [1.165, 1.54) is 0 Å². The van der Waals surface area contributed by atoms with Crippen LogP contribution in [0, 0.1) is 32.6 Å². The topological polar surface area (TPSA) is 69.7 Å². The van der Waals surface area contributed by atoms with Gasteiger partial charge in [-0.05, 0) is 55.9 Å². The average Bonchev–Trinajstić information content (AvgIpc) is 2.71. The third-order valence-corrected chi connectivity index (χ3v) is 5.57. The minimum Gasteiger partial charge on any atom is -0.458 e. The summed E-state index contributed by atoms with van der Waals surface area (Å²) in [4.78, 5) is 38.2. The van der Waals surface area contributed by atoms with Crippen molar-refractivity contribution in [2.45, 2.75) is 67.1 Å². The summed E-state index contributed by atoms with van der Waals surface area (Å²) < 4.78 is 11.4. The van der Waals surface area contributed by atoms with Gasteiger partial charge in [0.05, 0.1) is 5.56 Å². The number of aryl methyl sites for hydroxylation is 3. The van der Waals surface area contributed by atoms with E-state index in [0.717, 1.165) is 16.7 Å². The molecule has 0 N–H and O–H groups in total. The van der Waals surface area contributed by atoms with Crippen molar-refractivity contribution in [3.63, 3.8) is 0 Å². The molecule has 5 nitrogen and oxygen atoms in total. The van der Waals surface area contributed by atoms with Crippen molar-refractivity contribution >= 4 is 17.7 Å². The molecule has 0 saturated heterocycles. The second-order valence-electron chi connectivity index (χ2n) is 9.08. The number of benzene rings is 2. The second-order valence-corrected chi connectivity index (χ2v) is 9.08. The molecule has 2 atom stereocenters. The molecule has 172 valence electrons. The molecular formula is C27H34O5. The highest BCUT2D eigenvalue weighted by molar-refractivity contribution is 6.41. The van der Waals surface area contributed by atoms with Crippen LogP contribution in [-0.2, 0) is 14.3 Å². The summed E-state index contributed by atoms with van der Waals surface area (Å²) in [7, 11) is 0. The number of Topliss-reactive ketones (excluding diaryl/α,β-unsaturated/α-hetero) is 1. The Kier molecular flexibility index (Phi) is 8.76. The van der Waals surface area contributed by atoms with Crippen LogP contribution in [0.25, 0.3) is 0 Å². The summed E-state index contributed by atoms with van der Waals surface area (Å²) in [5, 5.41) is 0. The molecule has 2 aromatic carbocycles. The smallest absolute Gasteiger partial charge is 0.379 e. The van der Waals surface area contributed by atoms with Crippen molar-refractivity contribution in [3.05, 3.63) is 70.3 Å². The predicted molar refractivity (Wildman–Crippen MR) is 125 cm³/mol. The lowest BCUT2D eigenvalue weighted by molar-refractivity contribution is -0.147. The second kappa shape index (κ2) is 11.1. The SMILES string of the molecule is Cc1cc(C)c(C(=O)C(=O)OC(CC(OC(=O)c2ccccc2)C(C)C)C(C)C)c(C)c1. The number of hydrogen-bond donors (Lipinski definition) is 0. The fraction of sp³-hybridized carbons (Fsp3) is 0.444. The lowest BCUT2D eigenvalue weighted by atomic mass is 9.94. The molecule has 2 unspecified atom stereocenters. The van der Waals surface area contributed by atoms with Crippen LogP contribution in [0.1, 0.15) is 71.5 Å². The van der Waals surface area contributed by atoms with Gasteiger partial charge in [-0.3, -0.25) is 4.79 Å². The van der Waals surface area contributed by atoms with Crippen molar-refractivity contribution < 1.29 is 23.9 Å². The molecule has 0 radical (unpaired) electrons. The first-order valence-corrected chi connectivity index (χ1v) is 11.1. The quantitative estimate of drug-likeness (QED) is 0.288. The molecule has 2 aromatic rings. The third kappa shape index (κ3) is 6.52. The van der Waals surface area contributed by atoms with Crippen LogP contribution >= 0.6 is 0 Å². The summed E-state index contributed by atoms with van der Waals surface area (Å²) >= 11 is 0. The van der Waals surface area contributed by atoms with Crippen LogP contribution < -0.4 is 0 Å². The zero-order valence-corrected chi connectivity index (χ0v) is 20.1. The average molecular weight is 439 g/mol. The molecule has 0 bridgehead atoms. The van der Waals surface area contributed by atoms with Crippen LogP contribution in [-0.4, -0.2) is 29.9 Å². The van der Waals surface area contributed by atoms with Gasteiger partial charge < -0.3 is 9.47 Å². The Balaban J connectivity index is 2.15. The van der Waals surface area contributed by atoms with Gasteiger partial charge in [-0.2, -0.15) is 0 Å². The van der Waals surface area contributed by atoms with E-state index in [9.17, 15) is 14.4 Å². The lowest BCUT2D eigenvalue weighted by Crippen LogP contribution is -2.35. The van der Waals surface area contributed by atoms with E-state index in [2.05, 4.69) is 0 Å². The van der Waals surface area contributed by atoms with Gasteiger partial charge >= 0.3 is 11.9 Å². The van der Waals surface area contributed by atoms with Crippen LogP contribution in [0.2, 0.25) is 0 Å². The number of ketones is 1. The maximum Gasteiger partial charge on any atom is 0.379 e. The Hall–Kier alpha value is -2.95. The van der Waals surface area contributed by atoms with Gasteiger partial charge in [-0.25, -0.2) is 9.59 Å². The molecule has 0 aliphatic heterocycles. The van der Waals surface area contributed by atoms with E-state index >= 15 is 0 Å². The maximum atomic E-state index is 12.9. The molecule has 5 heteroatoms. The van der Waals surface area contributed by atoms with Crippen molar-refractivity contribution in [1.29, 1.82) is 0 Å². The molecule has 2 rings (SSSR count). The maximum absolute atomic E-state index is 12.9. The number of esters is 2. The van der Waals surface area contributed by atoms with Crippen molar-refractivity contribution in [2.75, 3.05) is 0 Å². The van der Waals surface area contributed by atoms with Crippen molar-refractivity contribution in [2.24, 2.45) is 11.8 Å². The Morgan fingerprint density at radius 2 is 1.28 bits per heavy atom. The normalized spacial score (nSPS) is 13.0. The van der Waals surface area contributed by atoms with Gasteiger partial charge in [-0.1, -0.05) is 63.6 Å². The minimum atomic E-state index is -0.879. The van der Waals surface area contributed by atoms with Gasteiger partial charge in [0, 0.05) is 12.0 Å². The molecular weight excluding hydrogens is 404 g/mol. The largest absolute Gasteiger partial charge is 0.458 e. The first-order valence-electron chi connectivity index (χ1n) is 11.1. The molecule has 0 fully saturated rings. The molecule has 0 amide bonds. The monoisotopic (exact) mass is 438 g/mol. The van der Waals surface area contributed by atoms with Crippen LogP contribution in [0.5, 0.6) is 0 Å². The molecule has 32 heavy (non-hydrogen) atoms. The molecule has 0 saturated carbocycles. The highest BCUT2D eigenvalue weighted by Gasteiger charge is 2.31. The van der Waals surface area contributed by atoms with Gasteiger partial charge in [0.15, 0.2) is 0 Å².